The largest absolute Gasteiger partial charge is 0.495 e. The van der Waals surface area contributed by atoms with Crippen LogP contribution in [0.25, 0.3) is 0 Å². The number of amides is 2. The van der Waals surface area contributed by atoms with Crippen molar-refractivity contribution in [1.29, 1.82) is 0 Å². The van der Waals surface area contributed by atoms with Crippen molar-refractivity contribution in [2.75, 3.05) is 18.6 Å². The third kappa shape index (κ3) is 5.23. The number of ether oxygens (including phenoxy) is 1. The number of anilines is 1. The van der Waals surface area contributed by atoms with Crippen LogP contribution in [0, 0.1) is 6.92 Å². The van der Waals surface area contributed by atoms with Gasteiger partial charge in [0.2, 0.25) is 11.8 Å². The van der Waals surface area contributed by atoms with Crippen LogP contribution in [0.15, 0.2) is 42.5 Å². The maximum atomic E-state index is 12.2. The van der Waals surface area contributed by atoms with E-state index in [-0.39, 0.29) is 24.8 Å². The zero-order valence-electron chi connectivity index (χ0n) is 15.2. The lowest BCUT2D eigenvalue weighted by molar-refractivity contribution is -0.121. The molecular formula is C20H23ClN2O3. The van der Waals surface area contributed by atoms with E-state index in [1.54, 1.807) is 18.2 Å². The summed E-state index contributed by atoms with van der Waals surface area (Å²) in [5.74, 6) is 0.270. The van der Waals surface area contributed by atoms with E-state index in [1.807, 2.05) is 31.2 Å². The minimum atomic E-state index is -0.155. The van der Waals surface area contributed by atoms with Gasteiger partial charge in [0.25, 0.3) is 0 Å². The van der Waals surface area contributed by atoms with Crippen molar-refractivity contribution in [2.45, 2.75) is 26.8 Å². The summed E-state index contributed by atoms with van der Waals surface area (Å²) in [4.78, 5) is 25.7. The number of hydrogen-bond donors (Lipinski definition) is 1. The summed E-state index contributed by atoms with van der Waals surface area (Å²) in [6.45, 7) is 4.22. The molecule has 6 heteroatoms. The number of halogens is 1. The molecule has 0 fully saturated rings. The molecule has 5 nitrogen and oxygen atoms in total. The van der Waals surface area contributed by atoms with Gasteiger partial charge in [0.05, 0.1) is 12.1 Å². The molecule has 0 radical (unpaired) electrons. The highest BCUT2D eigenvalue weighted by Gasteiger charge is 2.15. The van der Waals surface area contributed by atoms with E-state index in [0.717, 1.165) is 11.1 Å². The molecule has 2 rings (SSSR count). The number of carbonyl (C=O) groups excluding carboxylic acids is 2. The van der Waals surface area contributed by atoms with Gasteiger partial charge in [-0.1, -0.05) is 35.9 Å². The van der Waals surface area contributed by atoms with Crippen LogP contribution in [0.1, 0.15) is 24.5 Å². The first-order valence-corrected chi connectivity index (χ1v) is 8.73. The van der Waals surface area contributed by atoms with Crippen LogP contribution in [0.4, 0.5) is 5.69 Å². The molecule has 0 aliphatic heterocycles. The summed E-state index contributed by atoms with van der Waals surface area (Å²) in [6, 6.07) is 13.0. The zero-order chi connectivity index (χ0) is 19.1. The van der Waals surface area contributed by atoms with Crippen LogP contribution in [-0.2, 0) is 16.1 Å². The van der Waals surface area contributed by atoms with Crippen molar-refractivity contribution in [3.63, 3.8) is 0 Å². The van der Waals surface area contributed by atoms with Crippen LogP contribution >= 0.6 is 11.6 Å². The fourth-order valence-electron chi connectivity index (χ4n) is 2.60. The third-order valence-corrected chi connectivity index (χ3v) is 4.42. The second-order valence-electron chi connectivity index (χ2n) is 5.94. The lowest BCUT2D eigenvalue weighted by Crippen LogP contribution is -2.33. The monoisotopic (exact) mass is 374 g/mol. The summed E-state index contributed by atoms with van der Waals surface area (Å²) < 4.78 is 5.12. The Labute approximate surface area is 158 Å². The van der Waals surface area contributed by atoms with Gasteiger partial charge in [-0.3, -0.25) is 9.59 Å². The van der Waals surface area contributed by atoms with Crippen LogP contribution in [0.3, 0.4) is 0 Å². The van der Waals surface area contributed by atoms with Crippen molar-refractivity contribution in [3.05, 3.63) is 58.6 Å². The molecule has 2 aromatic rings. The Morgan fingerprint density at radius 3 is 2.54 bits per heavy atom. The molecule has 0 saturated carbocycles. The number of nitrogens with zero attached hydrogens (tertiary/aromatic N) is 1. The van der Waals surface area contributed by atoms with E-state index < -0.39 is 0 Å². The molecule has 0 spiro atoms. The molecule has 1 N–H and O–H groups in total. The van der Waals surface area contributed by atoms with Crippen molar-refractivity contribution in [1.82, 2.24) is 5.32 Å². The number of hydrogen-bond acceptors (Lipinski definition) is 3. The predicted molar refractivity (Wildman–Crippen MR) is 104 cm³/mol. The number of aryl methyl sites for hydroxylation is 1. The fourth-order valence-corrected chi connectivity index (χ4v) is 2.85. The Morgan fingerprint density at radius 1 is 1.19 bits per heavy atom. The minimum absolute atomic E-state index is 0.112. The first kappa shape index (κ1) is 19.8. The van der Waals surface area contributed by atoms with Gasteiger partial charge < -0.3 is 15.0 Å². The van der Waals surface area contributed by atoms with Gasteiger partial charge in [-0.15, -0.1) is 0 Å². The molecule has 0 unspecified atom stereocenters. The third-order valence-electron chi connectivity index (χ3n) is 4.13. The second kappa shape index (κ2) is 9.25. The highest BCUT2D eigenvalue weighted by molar-refractivity contribution is 6.32. The van der Waals surface area contributed by atoms with Crippen LogP contribution in [-0.4, -0.2) is 25.5 Å². The number of rotatable bonds is 7. The highest BCUT2D eigenvalue weighted by Crippen LogP contribution is 2.29. The van der Waals surface area contributed by atoms with Gasteiger partial charge in [-0.25, -0.2) is 0 Å². The molecule has 138 valence electrons. The lowest BCUT2D eigenvalue weighted by Gasteiger charge is -2.21. The summed E-state index contributed by atoms with van der Waals surface area (Å²) >= 11 is 6.13. The van der Waals surface area contributed by atoms with Crippen molar-refractivity contribution >= 4 is 29.1 Å². The number of nitrogens with one attached hydrogen (secondary N) is 1. The Bertz CT molecular complexity index is 792. The first-order valence-electron chi connectivity index (χ1n) is 8.35. The molecule has 2 aromatic carbocycles. The molecular weight excluding hydrogens is 352 g/mol. The molecule has 26 heavy (non-hydrogen) atoms. The molecule has 2 amide bonds. The Morgan fingerprint density at radius 2 is 1.92 bits per heavy atom. The number of carbonyl (C=O) groups is 2. The summed E-state index contributed by atoms with van der Waals surface area (Å²) in [5, 5.41) is 3.31. The van der Waals surface area contributed by atoms with E-state index in [9.17, 15) is 9.59 Å². The summed E-state index contributed by atoms with van der Waals surface area (Å²) in [6.07, 6.45) is 0.203. The molecule has 0 aliphatic carbocycles. The maximum absolute atomic E-state index is 12.2. The Balaban J connectivity index is 1.96. The predicted octanol–water partition coefficient (Wildman–Crippen LogP) is 3.72. The zero-order valence-corrected chi connectivity index (χ0v) is 16.0. The Kier molecular flexibility index (Phi) is 7.04. The van der Waals surface area contributed by atoms with Gasteiger partial charge in [0, 0.05) is 32.1 Å². The first-order chi connectivity index (χ1) is 12.4. The van der Waals surface area contributed by atoms with Gasteiger partial charge >= 0.3 is 0 Å². The maximum Gasteiger partial charge on any atom is 0.223 e. The van der Waals surface area contributed by atoms with Gasteiger partial charge in [-0.2, -0.15) is 0 Å². The average molecular weight is 375 g/mol. The smallest absolute Gasteiger partial charge is 0.223 e. The number of benzene rings is 2. The van der Waals surface area contributed by atoms with Gasteiger partial charge in [0.1, 0.15) is 5.75 Å². The SMILES string of the molecule is COc1ccc(N(CCC(=O)NCc2ccccc2C)C(C)=O)cc1Cl. The molecule has 0 aromatic heterocycles. The average Bonchev–Trinajstić information content (AvgIpc) is 2.61. The summed E-state index contributed by atoms with van der Waals surface area (Å²) in [5.41, 5.74) is 2.84. The van der Waals surface area contributed by atoms with Crippen LogP contribution in [0.5, 0.6) is 5.75 Å². The van der Waals surface area contributed by atoms with E-state index in [1.165, 1.54) is 18.9 Å². The standard InChI is InChI=1S/C20H23ClN2O3/c1-14-6-4-5-7-16(14)13-22-20(25)10-11-23(15(2)24)17-8-9-19(26-3)18(21)12-17/h4-9,12H,10-11,13H2,1-3H3,(H,22,25). The van der Waals surface area contributed by atoms with Gasteiger partial charge in [-0.05, 0) is 36.2 Å². The Hall–Kier alpha value is -2.53. The van der Waals surface area contributed by atoms with E-state index >= 15 is 0 Å². The topological polar surface area (TPSA) is 58.6 Å². The fraction of sp³-hybridized carbons (Fsp3) is 0.300. The quantitative estimate of drug-likeness (QED) is 0.803. The normalized spacial score (nSPS) is 10.3. The van der Waals surface area contributed by atoms with Crippen LogP contribution in [0.2, 0.25) is 5.02 Å². The highest BCUT2D eigenvalue weighted by atomic mass is 35.5. The molecule has 0 heterocycles. The second-order valence-corrected chi connectivity index (χ2v) is 6.35. The summed E-state index contributed by atoms with van der Waals surface area (Å²) in [7, 11) is 1.53. The minimum Gasteiger partial charge on any atom is -0.495 e. The van der Waals surface area contributed by atoms with Gasteiger partial charge in [0.15, 0.2) is 0 Å². The number of methoxy groups -OCH3 is 1. The van der Waals surface area contributed by atoms with Crippen molar-refractivity contribution in [3.8, 4) is 5.75 Å². The van der Waals surface area contributed by atoms with E-state index in [0.29, 0.717) is 23.0 Å². The molecule has 0 saturated heterocycles. The molecule has 0 bridgehead atoms. The molecule has 0 atom stereocenters. The van der Waals surface area contributed by atoms with Crippen molar-refractivity contribution in [2.24, 2.45) is 0 Å². The van der Waals surface area contributed by atoms with Crippen LogP contribution < -0.4 is 15.0 Å². The van der Waals surface area contributed by atoms with Crippen molar-refractivity contribution < 1.29 is 14.3 Å². The lowest BCUT2D eigenvalue weighted by atomic mass is 10.1. The van der Waals surface area contributed by atoms with E-state index in [2.05, 4.69) is 5.32 Å². The molecule has 0 aliphatic rings. The van der Waals surface area contributed by atoms with E-state index in [4.69, 9.17) is 16.3 Å².